The van der Waals surface area contributed by atoms with Gasteiger partial charge in [0.05, 0.1) is 18.9 Å². The maximum Gasteiger partial charge on any atom is 0.459 e. The predicted molar refractivity (Wildman–Crippen MR) is 131 cm³/mol. The van der Waals surface area contributed by atoms with Gasteiger partial charge in [-0.1, -0.05) is 18.2 Å². The minimum absolute atomic E-state index is 0.172. The van der Waals surface area contributed by atoms with E-state index in [0.717, 1.165) is 10.8 Å². The van der Waals surface area contributed by atoms with E-state index in [4.69, 9.17) is 35.9 Å². The van der Waals surface area contributed by atoms with Crippen LogP contribution in [0, 0.1) is 5.82 Å². The zero-order valence-corrected chi connectivity index (χ0v) is 22.2. The van der Waals surface area contributed by atoms with Gasteiger partial charge in [0.25, 0.3) is 0 Å². The highest BCUT2D eigenvalue weighted by molar-refractivity contribution is 7.52. The largest absolute Gasteiger partial charge is 0.462 e. The molecule has 1 fully saturated rings. The van der Waals surface area contributed by atoms with Gasteiger partial charge in [-0.15, -0.1) is 11.6 Å². The van der Waals surface area contributed by atoms with Crippen LogP contribution in [0.15, 0.2) is 41.3 Å². The Morgan fingerprint density at radius 3 is 2.65 bits per heavy atom. The molecule has 0 spiro atoms. The highest BCUT2D eigenvalue weighted by Gasteiger charge is 2.54. The predicted octanol–water partition coefficient (Wildman–Crippen LogP) is 2.35. The number of rotatable bonds is 10. The molecule has 1 saturated heterocycles. The summed E-state index contributed by atoms with van der Waals surface area (Å²) >= 11 is 6.48. The fourth-order valence-electron chi connectivity index (χ4n) is 3.48. The van der Waals surface area contributed by atoms with Crippen molar-refractivity contribution in [2.24, 2.45) is 0 Å². The number of aromatic nitrogens is 2. The summed E-state index contributed by atoms with van der Waals surface area (Å²) < 4.78 is 50.3. The van der Waals surface area contributed by atoms with Gasteiger partial charge in [0, 0.05) is 0 Å². The van der Waals surface area contributed by atoms with Crippen LogP contribution >= 0.6 is 19.3 Å². The van der Waals surface area contributed by atoms with Crippen LogP contribution in [0.2, 0.25) is 0 Å². The summed E-state index contributed by atoms with van der Waals surface area (Å²) in [5.74, 6) is -2.12. The van der Waals surface area contributed by atoms with E-state index in [1.54, 1.807) is 32.0 Å². The van der Waals surface area contributed by atoms with Crippen molar-refractivity contribution in [3.8, 4) is 5.75 Å². The van der Waals surface area contributed by atoms with Crippen LogP contribution in [0.5, 0.6) is 5.75 Å². The number of hydrogen-bond acceptors (Lipinski definition) is 10. The highest BCUT2D eigenvalue weighted by atomic mass is 35.5. The number of nitrogen functional groups attached to an aromatic ring is 1. The lowest BCUT2D eigenvalue weighted by Gasteiger charge is -2.26. The summed E-state index contributed by atoms with van der Waals surface area (Å²) in [6.07, 6.45) is -3.75. The SMILES string of the molecule is CC(C)OC(=O)[C@@H](C)N[P@@](=O)(OC[C@H]1O[C@@H](n2cc(F)c(N)nc2=O)[C@](C)(Cl)[C@@H]1O)Oc1ccccc1. The van der Waals surface area contributed by atoms with Gasteiger partial charge in [-0.3, -0.25) is 13.9 Å². The molecular weight excluding hydrogens is 534 g/mol. The van der Waals surface area contributed by atoms with Crippen molar-refractivity contribution in [2.75, 3.05) is 12.3 Å². The van der Waals surface area contributed by atoms with Gasteiger partial charge in [0.15, 0.2) is 17.9 Å². The Morgan fingerprint density at radius 1 is 1.38 bits per heavy atom. The molecule has 204 valence electrons. The first-order valence-electron chi connectivity index (χ1n) is 11.3. The monoisotopic (exact) mass is 562 g/mol. The zero-order chi connectivity index (χ0) is 27.5. The Labute approximate surface area is 217 Å². The number of aliphatic hydroxyl groups excluding tert-OH is 1. The molecule has 0 unspecified atom stereocenters. The number of hydrogen-bond donors (Lipinski definition) is 3. The van der Waals surface area contributed by atoms with Crippen LogP contribution < -0.4 is 21.0 Å². The maximum absolute atomic E-state index is 14.0. The maximum atomic E-state index is 14.0. The number of carbonyl (C=O) groups is 1. The quantitative estimate of drug-likeness (QED) is 0.221. The van der Waals surface area contributed by atoms with Gasteiger partial charge >= 0.3 is 19.4 Å². The number of benzene rings is 1. The van der Waals surface area contributed by atoms with E-state index < -0.39 is 73.1 Å². The Kier molecular flexibility index (Phi) is 8.99. The van der Waals surface area contributed by atoms with Gasteiger partial charge in [0.1, 0.15) is 28.9 Å². The molecular formula is C22H29ClFN4O8P. The summed E-state index contributed by atoms with van der Waals surface area (Å²) in [6, 6.07) is 6.95. The van der Waals surface area contributed by atoms with Crippen LogP contribution in [-0.4, -0.2) is 56.5 Å². The lowest BCUT2D eigenvalue weighted by Crippen LogP contribution is -2.42. The molecule has 6 atom stereocenters. The molecule has 0 amide bonds. The normalized spacial score (nSPS) is 26.0. The minimum atomic E-state index is -4.27. The number of carbonyl (C=O) groups excluding carboxylic acids is 1. The standard InChI is InChI=1S/C22H29ClFN4O8P/c1-12(2)34-19(30)13(3)27-37(32,36-14-8-6-5-7-9-14)33-11-16-17(29)22(4,23)20(35-16)28-10-15(24)18(25)26-21(28)31/h5-10,12-13,16-17,20,29H,11H2,1-4H3,(H,27,32)(H2,25,26,31)/t13-,16-,17-,20-,22-,37-/m1/s1. The molecule has 0 bridgehead atoms. The fourth-order valence-corrected chi connectivity index (χ4v) is 5.28. The second-order valence-corrected chi connectivity index (χ2v) is 11.3. The number of ether oxygens (including phenoxy) is 2. The van der Waals surface area contributed by atoms with Crippen LogP contribution in [-0.2, 0) is 23.4 Å². The van der Waals surface area contributed by atoms with Crippen molar-refractivity contribution in [3.63, 3.8) is 0 Å². The fraction of sp³-hybridized carbons (Fsp3) is 0.500. The Bertz CT molecular complexity index is 1210. The van der Waals surface area contributed by atoms with E-state index in [-0.39, 0.29) is 5.75 Å². The molecule has 1 aliphatic rings. The van der Waals surface area contributed by atoms with E-state index in [1.165, 1.54) is 26.0 Å². The molecule has 4 N–H and O–H groups in total. The number of aliphatic hydroxyl groups is 1. The number of para-hydroxylation sites is 1. The second-order valence-electron chi connectivity index (χ2n) is 8.82. The molecule has 1 aromatic heterocycles. The molecule has 37 heavy (non-hydrogen) atoms. The van der Waals surface area contributed by atoms with Crippen LogP contribution in [0.25, 0.3) is 0 Å². The third kappa shape index (κ3) is 6.86. The van der Waals surface area contributed by atoms with E-state index in [1.807, 2.05) is 0 Å². The van der Waals surface area contributed by atoms with E-state index in [2.05, 4.69) is 10.1 Å². The van der Waals surface area contributed by atoms with Gasteiger partial charge in [-0.05, 0) is 39.8 Å². The molecule has 1 aromatic carbocycles. The summed E-state index contributed by atoms with van der Waals surface area (Å²) in [4.78, 5) is 26.3. The molecule has 15 heteroatoms. The molecule has 3 rings (SSSR count). The van der Waals surface area contributed by atoms with Gasteiger partial charge < -0.3 is 24.8 Å². The first kappa shape index (κ1) is 29.0. The Balaban J connectivity index is 1.81. The van der Waals surface area contributed by atoms with Crippen LogP contribution in [0.1, 0.15) is 33.9 Å². The van der Waals surface area contributed by atoms with Crippen LogP contribution in [0.4, 0.5) is 10.2 Å². The molecule has 0 aliphatic carbocycles. The molecule has 2 heterocycles. The van der Waals surface area contributed by atoms with Crippen molar-refractivity contribution in [1.82, 2.24) is 14.6 Å². The van der Waals surface area contributed by atoms with E-state index in [9.17, 15) is 23.7 Å². The first-order chi connectivity index (χ1) is 17.2. The minimum Gasteiger partial charge on any atom is -0.462 e. The van der Waals surface area contributed by atoms with E-state index in [0.29, 0.717) is 0 Å². The smallest absolute Gasteiger partial charge is 0.459 e. The lowest BCUT2D eigenvalue weighted by molar-refractivity contribution is -0.149. The Morgan fingerprint density at radius 2 is 2.03 bits per heavy atom. The van der Waals surface area contributed by atoms with Crippen molar-refractivity contribution in [2.45, 2.75) is 63.2 Å². The summed E-state index contributed by atoms with van der Waals surface area (Å²) in [6.45, 7) is 5.55. The third-order valence-electron chi connectivity index (χ3n) is 5.34. The molecule has 0 radical (unpaired) electrons. The highest BCUT2D eigenvalue weighted by Crippen LogP contribution is 2.48. The van der Waals surface area contributed by atoms with Crippen molar-refractivity contribution >= 4 is 31.1 Å². The summed E-state index contributed by atoms with van der Waals surface area (Å²) in [7, 11) is -4.27. The Hall–Kier alpha value is -2.54. The van der Waals surface area contributed by atoms with Crippen LogP contribution in [0.3, 0.4) is 0 Å². The van der Waals surface area contributed by atoms with Crippen molar-refractivity contribution < 1.29 is 37.4 Å². The molecule has 1 aliphatic heterocycles. The number of alkyl halides is 1. The van der Waals surface area contributed by atoms with Gasteiger partial charge in [-0.25, -0.2) is 13.8 Å². The number of nitrogens with one attached hydrogen (secondary N) is 1. The number of anilines is 1. The summed E-state index contributed by atoms with van der Waals surface area (Å²) in [5, 5.41) is 13.3. The van der Waals surface area contributed by atoms with Gasteiger partial charge in [-0.2, -0.15) is 10.1 Å². The zero-order valence-electron chi connectivity index (χ0n) is 20.5. The second kappa shape index (κ2) is 11.5. The average Bonchev–Trinajstić information content (AvgIpc) is 3.03. The lowest BCUT2D eigenvalue weighted by atomic mass is 10.0. The summed E-state index contributed by atoms with van der Waals surface area (Å²) in [5.41, 5.74) is 4.37. The van der Waals surface area contributed by atoms with E-state index >= 15 is 0 Å². The van der Waals surface area contributed by atoms with Crippen molar-refractivity contribution in [1.29, 1.82) is 0 Å². The number of esters is 1. The number of halogens is 2. The first-order valence-corrected chi connectivity index (χ1v) is 13.2. The topological polar surface area (TPSA) is 164 Å². The number of nitrogens with zero attached hydrogens (tertiary/aromatic N) is 2. The number of nitrogens with two attached hydrogens (primary N) is 1. The molecule has 2 aromatic rings. The average molecular weight is 563 g/mol. The molecule has 0 saturated carbocycles. The third-order valence-corrected chi connectivity index (χ3v) is 7.39. The van der Waals surface area contributed by atoms with Crippen molar-refractivity contribution in [3.05, 3.63) is 52.8 Å². The molecule has 12 nitrogen and oxygen atoms in total. The van der Waals surface area contributed by atoms with Gasteiger partial charge in [0.2, 0.25) is 0 Å².